The van der Waals surface area contributed by atoms with Gasteiger partial charge >= 0.3 is 12.0 Å². The fraction of sp³-hybridized carbons (Fsp3) is 0.440. The lowest BCUT2D eigenvalue weighted by Crippen LogP contribution is -2.53. The van der Waals surface area contributed by atoms with Crippen molar-refractivity contribution in [3.63, 3.8) is 0 Å². The van der Waals surface area contributed by atoms with Crippen molar-refractivity contribution in [1.29, 1.82) is 0 Å². The Hall–Kier alpha value is -3.42. The normalized spacial score (nSPS) is 16.9. The molecule has 0 aromatic heterocycles. The molecule has 33 heavy (non-hydrogen) atoms. The smallest absolute Gasteiger partial charge is 0.326 e. The first-order valence-corrected chi connectivity index (χ1v) is 11.0. The van der Waals surface area contributed by atoms with E-state index in [9.17, 15) is 14.7 Å². The third-order valence-corrected chi connectivity index (χ3v) is 6.32. The van der Waals surface area contributed by atoms with Gasteiger partial charge in [0, 0.05) is 6.54 Å². The maximum absolute atomic E-state index is 13.4. The Balaban J connectivity index is 2.06. The average molecular weight is 457 g/mol. The molecule has 0 spiro atoms. The zero-order valence-electron chi connectivity index (χ0n) is 19.8. The number of rotatable bonds is 8. The van der Waals surface area contributed by atoms with Crippen molar-refractivity contribution in [3.8, 4) is 17.2 Å². The maximum atomic E-state index is 13.4. The Morgan fingerprint density at radius 3 is 2.27 bits per heavy atom. The van der Waals surface area contributed by atoms with Crippen LogP contribution in [-0.2, 0) is 11.2 Å². The van der Waals surface area contributed by atoms with Crippen LogP contribution in [-0.4, -0.2) is 55.9 Å². The van der Waals surface area contributed by atoms with E-state index in [4.69, 9.17) is 14.2 Å². The minimum absolute atomic E-state index is 0.202. The molecule has 1 unspecified atom stereocenters. The number of amides is 2. The molecule has 2 N–H and O–H groups in total. The topological polar surface area (TPSA) is 97.3 Å². The Labute approximate surface area is 194 Å². The van der Waals surface area contributed by atoms with E-state index in [1.165, 1.54) is 0 Å². The zero-order chi connectivity index (χ0) is 24.1. The number of hydrogen-bond acceptors (Lipinski definition) is 5. The SMILES string of the molecule is CC[C@@H](C)[C@H](NC(=O)N1CCc2cc(OC)c(OC)cc2C1c1ccc(OC)cc1)C(=O)O. The molecule has 3 atom stereocenters. The molecule has 1 aliphatic heterocycles. The van der Waals surface area contributed by atoms with Crippen LogP contribution in [0.2, 0.25) is 0 Å². The van der Waals surface area contributed by atoms with Gasteiger partial charge in [-0.25, -0.2) is 9.59 Å². The Morgan fingerprint density at radius 1 is 1.09 bits per heavy atom. The van der Waals surface area contributed by atoms with Gasteiger partial charge < -0.3 is 29.5 Å². The summed E-state index contributed by atoms with van der Waals surface area (Å²) in [5, 5.41) is 12.4. The Bertz CT molecular complexity index is 991. The second-order valence-corrected chi connectivity index (χ2v) is 8.18. The van der Waals surface area contributed by atoms with Gasteiger partial charge in [0.1, 0.15) is 11.8 Å². The van der Waals surface area contributed by atoms with Crippen LogP contribution in [0.15, 0.2) is 36.4 Å². The first-order chi connectivity index (χ1) is 15.8. The number of nitrogens with zero attached hydrogens (tertiary/aromatic N) is 1. The molecular formula is C25H32N2O6. The van der Waals surface area contributed by atoms with Crippen LogP contribution in [0.3, 0.4) is 0 Å². The number of carbonyl (C=O) groups excluding carboxylic acids is 1. The molecule has 1 aliphatic rings. The summed E-state index contributed by atoms with van der Waals surface area (Å²) in [6.45, 7) is 4.16. The number of urea groups is 1. The molecular weight excluding hydrogens is 424 g/mol. The highest BCUT2D eigenvalue weighted by atomic mass is 16.5. The summed E-state index contributed by atoms with van der Waals surface area (Å²) < 4.78 is 16.3. The molecule has 0 fully saturated rings. The highest BCUT2D eigenvalue weighted by molar-refractivity contribution is 5.83. The number of fused-ring (bicyclic) bond motifs is 1. The van der Waals surface area contributed by atoms with Crippen molar-refractivity contribution in [1.82, 2.24) is 10.2 Å². The average Bonchev–Trinajstić information content (AvgIpc) is 2.84. The number of methoxy groups -OCH3 is 3. The van der Waals surface area contributed by atoms with Gasteiger partial charge in [0.15, 0.2) is 11.5 Å². The van der Waals surface area contributed by atoms with E-state index in [2.05, 4.69) is 5.32 Å². The van der Waals surface area contributed by atoms with Crippen molar-refractivity contribution >= 4 is 12.0 Å². The van der Waals surface area contributed by atoms with Crippen LogP contribution in [0.4, 0.5) is 4.79 Å². The highest BCUT2D eigenvalue weighted by Crippen LogP contribution is 2.41. The molecule has 0 saturated heterocycles. The number of nitrogens with one attached hydrogen (secondary N) is 1. The number of carbonyl (C=O) groups is 2. The lowest BCUT2D eigenvalue weighted by Gasteiger charge is -2.39. The molecule has 178 valence electrons. The lowest BCUT2D eigenvalue weighted by atomic mass is 9.87. The fourth-order valence-electron chi connectivity index (χ4n) is 4.21. The monoisotopic (exact) mass is 456 g/mol. The quantitative estimate of drug-likeness (QED) is 0.626. The molecule has 3 rings (SSSR count). The fourth-order valence-corrected chi connectivity index (χ4v) is 4.21. The molecule has 2 amide bonds. The number of carboxylic acids is 1. The van der Waals surface area contributed by atoms with Gasteiger partial charge in [0.05, 0.1) is 27.4 Å². The first kappa shape index (κ1) is 24.2. The third kappa shape index (κ3) is 4.99. The largest absolute Gasteiger partial charge is 0.497 e. The maximum Gasteiger partial charge on any atom is 0.326 e. The van der Waals surface area contributed by atoms with Crippen LogP contribution in [0.5, 0.6) is 17.2 Å². The van der Waals surface area contributed by atoms with Gasteiger partial charge in [-0.15, -0.1) is 0 Å². The van der Waals surface area contributed by atoms with E-state index in [1.807, 2.05) is 50.2 Å². The van der Waals surface area contributed by atoms with Crippen LogP contribution >= 0.6 is 0 Å². The summed E-state index contributed by atoms with van der Waals surface area (Å²) in [5.74, 6) is 0.668. The van der Waals surface area contributed by atoms with Crippen LogP contribution < -0.4 is 19.5 Å². The molecule has 0 aliphatic carbocycles. The minimum Gasteiger partial charge on any atom is -0.497 e. The molecule has 0 radical (unpaired) electrons. The molecule has 0 saturated carbocycles. The molecule has 1 heterocycles. The second-order valence-electron chi connectivity index (χ2n) is 8.18. The van der Waals surface area contributed by atoms with Gasteiger partial charge in [0.25, 0.3) is 0 Å². The van der Waals surface area contributed by atoms with E-state index >= 15 is 0 Å². The van der Waals surface area contributed by atoms with Crippen molar-refractivity contribution in [2.24, 2.45) is 5.92 Å². The summed E-state index contributed by atoms with van der Waals surface area (Å²) in [5.41, 5.74) is 2.85. The molecule has 0 bridgehead atoms. The number of carboxylic acid groups (broad SMARTS) is 1. The van der Waals surface area contributed by atoms with Gasteiger partial charge in [-0.3, -0.25) is 0 Å². The summed E-state index contributed by atoms with van der Waals surface area (Å²) in [6.07, 6.45) is 1.25. The van der Waals surface area contributed by atoms with Crippen molar-refractivity contribution in [2.75, 3.05) is 27.9 Å². The summed E-state index contributed by atoms with van der Waals surface area (Å²) in [7, 11) is 4.76. The highest BCUT2D eigenvalue weighted by Gasteiger charge is 2.36. The number of benzene rings is 2. The second kappa shape index (κ2) is 10.5. The summed E-state index contributed by atoms with van der Waals surface area (Å²) in [6, 6.07) is 9.56. The molecule has 2 aromatic rings. The lowest BCUT2D eigenvalue weighted by molar-refractivity contribution is -0.140. The van der Waals surface area contributed by atoms with Gasteiger partial charge in [-0.1, -0.05) is 32.4 Å². The summed E-state index contributed by atoms with van der Waals surface area (Å²) in [4.78, 5) is 26.9. The third-order valence-electron chi connectivity index (χ3n) is 6.32. The van der Waals surface area contributed by atoms with Crippen molar-refractivity contribution in [2.45, 2.75) is 38.8 Å². The van der Waals surface area contributed by atoms with E-state index in [-0.39, 0.29) is 5.92 Å². The Kier molecular flexibility index (Phi) is 7.68. The van der Waals surface area contributed by atoms with Crippen LogP contribution in [0.1, 0.15) is 43.0 Å². The van der Waals surface area contributed by atoms with Crippen LogP contribution in [0.25, 0.3) is 0 Å². The van der Waals surface area contributed by atoms with Gasteiger partial charge in [-0.05, 0) is 53.3 Å². The van der Waals surface area contributed by atoms with Gasteiger partial charge in [0.2, 0.25) is 0 Å². The predicted molar refractivity (Wildman–Crippen MR) is 124 cm³/mol. The van der Waals surface area contributed by atoms with Crippen LogP contribution in [0, 0.1) is 5.92 Å². The molecule has 8 nitrogen and oxygen atoms in total. The van der Waals surface area contributed by atoms with E-state index in [0.29, 0.717) is 36.6 Å². The van der Waals surface area contributed by atoms with Gasteiger partial charge in [-0.2, -0.15) is 0 Å². The van der Waals surface area contributed by atoms with E-state index in [1.54, 1.807) is 26.2 Å². The summed E-state index contributed by atoms with van der Waals surface area (Å²) >= 11 is 0. The molecule has 8 heteroatoms. The van der Waals surface area contributed by atoms with Crippen molar-refractivity contribution < 1.29 is 28.9 Å². The first-order valence-electron chi connectivity index (χ1n) is 11.0. The van der Waals surface area contributed by atoms with Crippen molar-refractivity contribution in [3.05, 3.63) is 53.1 Å². The number of hydrogen-bond donors (Lipinski definition) is 2. The minimum atomic E-state index is -1.04. The molecule has 2 aromatic carbocycles. The van der Waals surface area contributed by atoms with E-state index < -0.39 is 24.1 Å². The Morgan fingerprint density at radius 2 is 1.73 bits per heavy atom. The zero-order valence-corrected chi connectivity index (χ0v) is 19.8. The predicted octanol–water partition coefficient (Wildman–Crippen LogP) is 3.87. The standard InChI is InChI=1S/C25H32N2O6/c1-6-15(2)22(24(28)29)26-25(30)27-12-11-17-13-20(32-4)21(33-5)14-19(17)23(27)16-7-9-18(31-3)10-8-16/h7-10,13-15,22-23H,6,11-12H2,1-5H3,(H,26,30)(H,28,29)/t15-,22+,23?/m1/s1. The van der Waals surface area contributed by atoms with E-state index in [0.717, 1.165) is 16.7 Å². The number of aliphatic carboxylic acids is 1. The number of ether oxygens (including phenoxy) is 3.